The molecular formula is C9H8BrF2NO3S. The third-order valence-corrected chi connectivity index (χ3v) is 2.86. The number of rotatable bonds is 4. The minimum Gasteiger partial charge on any atom is -0.485 e. The molecule has 0 spiro atoms. The fourth-order valence-electron chi connectivity index (χ4n) is 1.00. The Labute approximate surface area is 105 Å². The van der Waals surface area contributed by atoms with Crippen LogP contribution in [0.5, 0.6) is 5.75 Å². The summed E-state index contributed by atoms with van der Waals surface area (Å²) in [4.78, 5) is -0.917. The van der Waals surface area contributed by atoms with Crippen LogP contribution in [0.2, 0.25) is 0 Å². The zero-order valence-electron chi connectivity index (χ0n) is 8.41. The van der Waals surface area contributed by atoms with Gasteiger partial charge in [0.2, 0.25) is 15.8 Å². The molecule has 17 heavy (non-hydrogen) atoms. The molecule has 0 heterocycles. The van der Waals surface area contributed by atoms with Crippen LogP contribution in [0.25, 0.3) is 0 Å². The smallest absolute Gasteiger partial charge is 0.241 e. The Hall–Kier alpha value is -0.990. The lowest BCUT2D eigenvalue weighted by Gasteiger charge is -2.08. The average Bonchev–Trinajstić information content (AvgIpc) is 2.18. The van der Waals surface area contributed by atoms with Crippen molar-refractivity contribution >= 4 is 26.0 Å². The molecule has 8 heteroatoms. The number of benzene rings is 1. The Kier molecular flexibility index (Phi) is 4.23. The standard InChI is InChI=1S/C9H8BrF2NO3S/c1-5(10)4-16-6-2-3-7(17(13,14)15)9(12)8(6)11/h2-3H,1,4H2,(H2,13,14,15). The lowest BCUT2D eigenvalue weighted by atomic mass is 10.3. The van der Waals surface area contributed by atoms with Crippen LogP contribution in [0.4, 0.5) is 8.78 Å². The highest BCUT2D eigenvalue weighted by molar-refractivity contribution is 9.11. The van der Waals surface area contributed by atoms with Crippen LogP contribution < -0.4 is 9.88 Å². The van der Waals surface area contributed by atoms with Gasteiger partial charge in [-0.15, -0.1) is 0 Å². The summed E-state index contributed by atoms with van der Waals surface area (Å²) in [5, 5.41) is 4.70. The first-order valence-electron chi connectivity index (χ1n) is 4.20. The van der Waals surface area contributed by atoms with Gasteiger partial charge in [0.1, 0.15) is 11.5 Å². The second kappa shape index (κ2) is 5.11. The van der Waals surface area contributed by atoms with Crippen LogP contribution >= 0.6 is 15.9 Å². The Balaban J connectivity index is 3.16. The van der Waals surface area contributed by atoms with Gasteiger partial charge in [-0.3, -0.25) is 0 Å². The number of ether oxygens (including phenoxy) is 1. The minimum absolute atomic E-state index is 0.0783. The molecule has 0 radical (unpaired) electrons. The van der Waals surface area contributed by atoms with Crippen LogP contribution in [-0.2, 0) is 10.0 Å². The van der Waals surface area contributed by atoms with Crippen molar-refractivity contribution in [2.24, 2.45) is 5.14 Å². The Bertz CT molecular complexity index is 560. The Morgan fingerprint density at radius 3 is 2.47 bits per heavy atom. The molecule has 1 rings (SSSR count). The summed E-state index contributed by atoms with van der Waals surface area (Å²) >= 11 is 2.97. The minimum atomic E-state index is -4.30. The lowest BCUT2D eigenvalue weighted by Crippen LogP contribution is -2.15. The SMILES string of the molecule is C=C(Br)COc1ccc(S(N)(=O)=O)c(F)c1F. The number of primary sulfonamides is 1. The van der Waals surface area contributed by atoms with Gasteiger partial charge in [0, 0.05) is 4.48 Å². The molecule has 0 amide bonds. The van der Waals surface area contributed by atoms with E-state index < -0.39 is 32.3 Å². The third kappa shape index (κ3) is 3.48. The van der Waals surface area contributed by atoms with Crippen molar-refractivity contribution in [2.45, 2.75) is 4.90 Å². The number of nitrogens with two attached hydrogens (primary N) is 1. The highest BCUT2D eigenvalue weighted by Crippen LogP contribution is 2.25. The van der Waals surface area contributed by atoms with Crippen molar-refractivity contribution in [3.63, 3.8) is 0 Å². The van der Waals surface area contributed by atoms with E-state index in [0.29, 0.717) is 4.48 Å². The summed E-state index contributed by atoms with van der Waals surface area (Å²) in [6.45, 7) is 3.36. The van der Waals surface area contributed by atoms with Gasteiger partial charge in [0.15, 0.2) is 11.6 Å². The number of hydrogen-bond acceptors (Lipinski definition) is 3. The summed E-state index contributed by atoms with van der Waals surface area (Å²) in [5.41, 5.74) is 0. The zero-order chi connectivity index (χ0) is 13.2. The van der Waals surface area contributed by atoms with E-state index in [9.17, 15) is 17.2 Å². The van der Waals surface area contributed by atoms with Gasteiger partial charge in [-0.05, 0) is 12.1 Å². The van der Waals surface area contributed by atoms with Gasteiger partial charge in [-0.1, -0.05) is 22.5 Å². The normalized spacial score (nSPS) is 11.3. The second-order valence-electron chi connectivity index (χ2n) is 3.04. The molecule has 0 unspecified atom stereocenters. The largest absolute Gasteiger partial charge is 0.485 e. The summed E-state index contributed by atoms with van der Waals surface area (Å²) < 4.78 is 53.8. The quantitative estimate of drug-likeness (QED) is 0.918. The number of sulfonamides is 1. The molecule has 0 aromatic heterocycles. The van der Waals surface area contributed by atoms with E-state index in [1.165, 1.54) is 0 Å². The molecule has 4 nitrogen and oxygen atoms in total. The summed E-state index contributed by atoms with van der Waals surface area (Å²) in [6, 6.07) is 1.81. The molecule has 0 fully saturated rings. The molecule has 1 aromatic rings. The molecule has 94 valence electrons. The second-order valence-corrected chi connectivity index (χ2v) is 5.69. The van der Waals surface area contributed by atoms with Crippen LogP contribution in [0.3, 0.4) is 0 Å². The monoisotopic (exact) mass is 327 g/mol. The molecule has 0 aliphatic carbocycles. The van der Waals surface area contributed by atoms with E-state index in [2.05, 4.69) is 22.5 Å². The van der Waals surface area contributed by atoms with Crippen molar-refractivity contribution < 1.29 is 21.9 Å². The van der Waals surface area contributed by atoms with E-state index in [4.69, 9.17) is 9.88 Å². The van der Waals surface area contributed by atoms with Gasteiger partial charge in [0.25, 0.3) is 0 Å². The highest BCUT2D eigenvalue weighted by atomic mass is 79.9. The Morgan fingerprint density at radius 2 is 2.00 bits per heavy atom. The maximum Gasteiger partial charge on any atom is 0.241 e. The third-order valence-electron chi connectivity index (χ3n) is 1.70. The van der Waals surface area contributed by atoms with E-state index in [1.807, 2.05) is 0 Å². The maximum absolute atomic E-state index is 13.4. The van der Waals surface area contributed by atoms with Crippen molar-refractivity contribution in [2.75, 3.05) is 6.61 Å². The predicted octanol–water partition coefficient (Wildman–Crippen LogP) is 1.90. The first-order chi connectivity index (χ1) is 7.73. The first-order valence-corrected chi connectivity index (χ1v) is 6.54. The average molecular weight is 328 g/mol. The van der Waals surface area contributed by atoms with Crippen LogP contribution in [0, 0.1) is 11.6 Å². The molecule has 0 saturated heterocycles. The maximum atomic E-state index is 13.4. The van der Waals surface area contributed by atoms with E-state index in [-0.39, 0.29) is 6.61 Å². The van der Waals surface area contributed by atoms with Gasteiger partial charge < -0.3 is 4.74 Å². The molecule has 0 aliphatic rings. The summed E-state index contributed by atoms with van der Waals surface area (Å²) in [7, 11) is -4.30. The topological polar surface area (TPSA) is 69.4 Å². The van der Waals surface area contributed by atoms with Crippen LogP contribution in [0.1, 0.15) is 0 Å². The highest BCUT2D eigenvalue weighted by Gasteiger charge is 2.21. The predicted molar refractivity (Wildman–Crippen MR) is 61.3 cm³/mol. The number of halogens is 3. The summed E-state index contributed by atoms with van der Waals surface area (Å²) in [5.74, 6) is -3.40. The van der Waals surface area contributed by atoms with Crippen molar-refractivity contribution in [1.82, 2.24) is 0 Å². The van der Waals surface area contributed by atoms with Crippen LogP contribution in [-0.4, -0.2) is 15.0 Å². The van der Waals surface area contributed by atoms with Gasteiger partial charge in [0.05, 0.1) is 0 Å². The molecular weight excluding hydrogens is 320 g/mol. The van der Waals surface area contributed by atoms with Gasteiger partial charge in [-0.25, -0.2) is 17.9 Å². The first kappa shape index (κ1) is 14.1. The lowest BCUT2D eigenvalue weighted by molar-refractivity contribution is 0.328. The van der Waals surface area contributed by atoms with Gasteiger partial charge >= 0.3 is 0 Å². The fraction of sp³-hybridized carbons (Fsp3) is 0.111. The van der Waals surface area contributed by atoms with Crippen molar-refractivity contribution in [3.05, 3.63) is 34.8 Å². The van der Waals surface area contributed by atoms with Crippen molar-refractivity contribution in [1.29, 1.82) is 0 Å². The molecule has 1 aromatic carbocycles. The Morgan fingerprint density at radius 1 is 1.41 bits per heavy atom. The molecule has 0 aliphatic heterocycles. The van der Waals surface area contributed by atoms with E-state index in [1.54, 1.807) is 0 Å². The molecule has 2 N–H and O–H groups in total. The van der Waals surface area contributed by atoms with Gasteiger partial charge in [-0.2, -0.15) is 4.39 Å². The fourth-order valence-corrected chi connectivity index (χ4v) is 1.71. The molecule has 0 atom stereocenters. The van der Waals surface area contributed by atoms with E-state index in [0.717, 1.165) is 12.1 Å². The van der Waals surface area contributed by atoms with Crippen molar-refractivity contribution in [3.8, 4) is 5.75 Å². The number of hydrogen-bond donors (Lipinski definition) is 1. The molecule has 0 bridgehead atoms. The van der Waals surface area contributed by atoms with Crippen LogP contribution in [0.15, 0.2) is 28.1 Å². The molecule has 0 saturated carbocycles. The van der Waals surface area contributed by atoms with E-state index >= 15 is 0 Å². The zero-order valence-corrected chi connectivity index (χ0v) is 10.8. The summed E-state index contributed by atoms with van der Waals surface area (Å²) in [6.07, 6.45) is 0.